The van der Waals surface area contributed by atoms with Gasteiger partial charge in [0.2, 0.25) is 5.82 Å². The number of H-pyrrole nitrogens is 1. The Balaban J connectivity index is 1.72. The van der Waals surface area contributed by atoms with Gasteiger partial charge in [0.25, 0.3) is 5.91 Å². The Labute approximate surface area is 186 Å². The van der Waals surface area contributed by atoms with Crippen LogP contribution in [0.2, 0.25) is 0 Å². The van der Waals surface area contributed by atoms with Gasteiger partial charge in [-0.25, -0.2) is 4.79 Å². The zero-order chi connectivity index (χ0) is 23.3. The molecule has 2 N–H and O–H groups in total. The van der Waals surface area contributed by atoms with Crippen molar-refractivity contribution in [3.63, 3.8) is 0 Å². The summed E-state index contributed by atoms with van der Waals surface area (Å²) in [5.74, 6) is -0.00812. The molecule has 0 bridgehead atoms. The maximum atomic E-state index is 13.2. The second-order valence-corrected chi connectivity index (χ2v) is 8.31. The number of rotatable bonds is 4. The number of aryl methyl sites for hydroxylation is 1. The van der Waals surface area contributed by atoms with E-state index in [0.717, 1.165) is 5.56 Å². The monoisotopic (exact) mass is 438 g/mol. The van der Waals surface area contributed by atoms with Gasteiger partial charge in [-0.1, -0.05) is 12.1 Å². The van der Waals surface area contributed by atoms with Crippen molar-refractivity contribution in [2.24, 2.45) is 0 Å². The minimum Gasteiger partial charge on any atom is -0.444 e. The second kappa shape index (κ2) is 9.47. The van der Waals surface area contributed by atoms with E-state index in [2.05, 4.69) is 25.9 Å². The van der Waals surface area contributed by atoms with Crippen molar-refractivity contribution in [2.75, 3.05) is 31.5 Å². The number of aromatic nitrogens is 4. The van der Waals surface area contributed by atoms with Crippen molar-refractivity contribution >= 4 is 23.3 Å². The number of tetrazole rings is 1. The highest BCUT2D eigenvalue weighted by Gasteiger charge is 2.29. The van der Waals surface area contributed by atoms with Crippen molar-refractivity contribution in [3.8, 4) is 6.07 Å². The van der Waals surface area contributed by atoms with Crippen LogP contribution < -0.4 is 5.32 Å². The SMILES string of the molecule is Cc1cccc(C(=O)N2CCN(C(=O)OC(C)(C)C)CC2)c1NC=C(C#N)c1nn[nH]n1. The van der Waals surface area contributed by atoms with E-state index in [-0.39, 0.29) is 23.4 Å². The highest BCUT2D eigenvalue weighted by molar-refractivity contribution is 6.00. The van der Waals surface area contributed by atoms with Crippen LogP contribution in [0.4, 0.5) is 10.5 Å². The molecule has 3 rings (SSSR count). The third-order valence-corrected chi connectivity index (χ3v) is 4.79. The number of nitriles is 1. The van der Waals surface area contributed by atoms with E-state index in [4.69, 9.17) is 4.74 Å². The fourth-order valence-corrected chi connectivity index (χ4v) is 3.19. The van der Waals surface area contributed by atoms with Crippen molar-refractivity contribution in [2.45, 2.75) is 33.3 Å². The molecule has 11 nitrogen and oxygen atoms in total. The van der Waals surface area contributed by atoms with Crippen LogP contribution in [0.15, 0.2) is 24.4 Å². The molecule has 1 aromatic heterocycles. The standard InChI is InChI=1S/C21H26N8O3/c1-14-6-5-7-16(17(14)23-13-15(12-22)18-24-26-27-25-18)19(30)28-8-10-29(11-9-28)20(31)32-21(2,3)4/h5-7,13,23H,8-11H2,1-4H3,(H,24,25,26,27). The predicted molar refractivity (Wildman–Crippen MR) is 116 cm³/mol. The predicted octanol–water partition coefficient (Wildman–Crippen LogP) is 2.18. The van der Waals surface area contributed by atoms with Crippen LogP contribution in [0.1, 0.15) is 42.5 Å². The maximum Gasteiger partial charge on any atom is 0.410 e. The lowest BCUT2D eigenvalue weighted by Crippen LogP contribution is -2.51. The molecule has 0 unspecified atom stereocenters. The van der Waals surface area contributed by atoms with Crippen molar-refractivity contribution < 1.29 is 14.3 Å². The zero-order valence-electron chi connectivity index (χ0n) is 18.5. The van der Waals surface area contributed by atoms with Crippen LogP contribution >= 0.6 is 0 Å². The first-order chi connectivity index (χ1) is 15.2. The minimum atomic E-state index is -0.566. The number of nitrogens with zero attached hydrogens (tertiary/aromatic N) is 6. The number of amides is 2. The molecule has 0 aliphatic carbocycles. The summed E-state index contributed by atoms with van der Waals surface area (Å²) in [4.78, 5) is 28.8. The highest BCUT2D eigenvalue weighted by Crippen LogP contribution is 2.24. The Morgan fingerprint density at radius 2 is 1.91 bits per heavy atom. The molecule has 0 spiro atoms. The number of para-hydroxylation sites is 1. The first kappa shape index (κ1) is 22.7. The normalized spacial score (nSPS) is 14.7. The summed E-state index contributed by atoms with van der Waals surface area (Å²) >= 11 is 0. The average Bonchev–Trinajstić information content (AvgIpc) is 3.28. The van der Waals surface area contributed by atoms with E-state index in [0.29, 0.717) is 37.4 Å². The molecule has 1 aliphatic rings. The van der Waals surface area contributed by atoms with Gasteiger partial charge in [0.15, 0.2) is 0 Å². The Hall–Kier alpha value is -3.94. The Morgan fingerprint density at radius 1 is 1.22 bits per heavy atom. The summed E-state index contributed by atoms with van der Waals surface area (Å²) in [6.07, 6.45) is 1.07. The number of benzene rings is 1. The molecule has 1 aromatic carbocycles. The summed E-state index contributed by atoms with van der Waals surface area (Å²) in [6, 6.07) is 7.41. The van der Waals surface area contributed by atoms with Gasteiger partial charge in [-0.2, -0.15) is 10.5 Å². The number of aromatic amines is 1. The van der Waals surface area contributed by atoms with Crippen LogP contribution in [-0.2, 0) is 4.74 Å². The van der Waals surface area contributed by atoms with Gasteiger partial charge >= 0.3 is 6.09 Å². The Bertz CT molecular complexity index is 1040. The van der Waals surface area contributed by atoms with Gasteiger partial charge in [0.05, 0.1) is 11.3 Å². The number of nitrogens with one attached hydrogen (secondary N) is 2. The molecule has 168 valence electrons. The average molecular weight is 438 g/mol. The van der Waals surface area contributed by atoms with E-state index < -0.39 is 5.60 Å². The van der Waals surface area contributed by atoms with Crippen LogP contribution in [0.3, 0.4) is 0 Å². The minimum absolute atomic E-state index is 0.153. The van der Waals surface area contributed by atoms with Crippen molar-refractivity contribution in [1.29, 1.82) is 5.26 Å². The number of allylic oxidation sites excluding steroid dienone is 1. The molecule has 0 atom stereocenters. The van der Waals surface area contributed by atoms with Gasteiger partial charge in [-0.15, -0.1) is 10.2 Å². The number of anilines is 1. The van der Waals surface area contributed by atoms with Gasteiger partial charge in [-0.3, -0.25) is 4.79 Å². The molecule has 2 heterocycles. The summed E-state index contributed by atoms with van der Waals surface area (Å²) in [5, 5.41) is 25.8. The molecule has 32 heavy (non-hydrogen) atoms. The molecular weight excluding hydrogens is 412 g/mol. The fourth-order valence-electron chi connectivity index (χ4n) is 3.19. The third-order valence-electron chi connectivity index (χ3n) is 4.79. The third kappa shape index (κ3) is 5.40. The van der Waals surface area contributed by atoms with Crippen LogP contribution in [0.25, 0.3) is 5.57 Å². The first-order valence-electron chi connectivity index (χ1n) is 10.2. The molecule has 2 aromatic rings. The molecule has 1 saturated heterocycles. The Morgan fingerprint density at radius 3 is 2.50 bits per heavy atom. The zero-order valence-corrected chi connectivity index (χ0v) is 18.5. The largest absolute Gasteiger partial charge is 0.444 e. The number of carbonyl (C=O) groups is 2. The molecule has 1 aliphatic heterocycles. The lowest BCUT2D eigenvalue weighted by Gasteiger charge is -2.36. The smallest absolute Gasteiger partial charge is 0.410 e. The second-order valence-electron chi connectivity index (χ2n) is 8.31. The summed E-state index contributed by atoms with van der Waals surface area (Å²) < 4.78 is 5.41. The number of hydrogen-bond donors (Lipinski definition) is 2. The van der Waals surface area contributed by atoms with Crippen LogP contribution in [-0.4, -0.2) is 74.2 Å². The van der Waals surface area contributed by atoms with Crippen LogP contribution in [0.5, 0.6) is 0 Å². The van der Waals surface area contributed by atoms with Crippen LogP contribution in [0, 0.1) is 18.3 Å². The summed E-state index contributed by atoms with van der Waals surface area (Å²) in [6.45, 7) is 8.91. The van der Waals surface area contributed by atoms with Crippen molar-refractivity contribution in [1.82, 2.24) is 30.4 Å². The van der Waals surface area contributed by atoms with Gasteiger partial charge < -0.3 is 19.9 Å². The van der Waals surface area contributed by atoms with E-state index in [1.54, 1.807) is 21.9 Å². The quantitative estimate of drug-likeness (QED) is 0.692. The topological polar surface area (TPSA) is 140 Å². The van der Waals surface area contributed by atoms with E-state index in [9.17, 15) is 14.9 Å². The number of hydrogen-bond acceptors (Lipinski definition) is 8. The van der Waals surface area contributed by atoms with Crippen molar-refractivity contribution in [3.05, 3.63) is 41.4 Å². The number of carbonyl (C=O) groups excluding carboxylic acids is 2. The maximum absolute atomic E-state index is 13.2. The molecule has 0 saturated carbocycles. The summed E-state index contributed by atoms with van der Waals surface area (Å²) in [7, 11) is 0. The highest BCUT2D eigenvalue weighted by atomic mass is 16.6. The van der Waals surface area contributed by atoms with E-state index in [1.807, 2.05) is 39.8 Å². The lowest BCUT2D eigenvalue weighted by atomic mass is 10.1. The fraction of sp³-hybridized carbons (Fsp3) is 0.429. The molecule has 1 fully saturated rings. The number of piperazine rings is 1. The van der Waals surface area contributed by atoms with E-state index >= 15 is 0 Å². The Kier molecular flexibility index (Phi) is 6.73. The molecular formula is C21H26N8O3. The van der Waals surface area contributed by atoms with Gasteiger partial charge in [-0.05, 0) is 44.5 Å². The number of ether oxygens (including phenoxy) is 1. The summed E-state index contributed by atoms with van der Waals surface area (Å²) in [5.41, 5.74) is 1.50. The van der Waals surface area contributed by atoms with Gasteiger partial charge in [0, 0.05) is 32.4 Å². The molecule has 11 heteroatoms. The first-order valence-corrected chi connectivity index (χ1v) is 10.2. The lowest BCUT2D eigenvalue weighted by molar-refractivity contribution is 0.0141. The molecule has 0 radical (unpaired) electrons. The van der Waals surface area contributed by atoms with Gasteiger partial charge in [0.1, 0.15) is 17.2 Å². The van der Waals surface area contributed by atoms with E-state index in [1.165, 1.54) is 6.20 Å². The molecule has 2 amide bonds.